The molecule has 6 rings (SSSR count). The lowest BCUT2D eigenvalue weighted by Gasteiger charge is -2.27. The van der Waals surface area contributed by atoms with E-state index in [2.05, 4.69) is 5.32 Å². The molecule has 0 fully saturated rings. The summed E-state index contributed by atoms with van der Waals surface area (Å²) in [5.41, 5.74) is 5.57. The van der Waals surface area contributed by atoms with Crippen LogP contribution in [0.1, 0.15) is 27.8 Å². The highest BCUT2D eigenvalue weighted by molar-refractivity contribution is 6.16. The molecule has 2 N–H and O–H groups in total. The van der Waals surface area contributed by atoms with E-state index in [-0.39, 0.29) is 11.7 Å². The van der Waals surface area contributed by atoms with Gasteiger partial charge >= 0.3 is 0 Å². The van der Waals surface area contributed by atoms with E-state index in [1.807, 2.05) is 84.9 Å². The van der Waals surface area contributed by atoms with E-state index in [0.717, 1.165) is 33.5 Å². The van der Waals surface area contributed by atoms with Crippen molar-refractivity contribution < 1.29 is 14.6 Å². The summed E-state index contributed by atoms with van der Waals surface area (Å²) in [4.78, 5) is 13.7. The standard InChI is InChI=1S/C28H21NO3/c1-32-24-16-19-18-11-5-6-12-21(18)28(22-13-7-8-14-23(22)29-27(28)31)25(19)26(30)20(24)15-17-9-3-2-4-10-17/h2-14,16,30H,15H2,1H3,(H,29,31). The monoisotopic (exact) mass is 419 g/mol. The number of nitrogens with one attached hydrogen (secondary N) is 1. The number of hydrogen-bond donors (Lipinski definition) is 2. The van der Waals surface area contributed by atoms with Crippen LogP contribution in [0, 0.1) is 0 Å². The summed E-state index contributed by atoms with van der Waals surface area (Å²) >= 11 is 0. The van der Waals surface area contributed by atoms with Gasteiger partial charge in [-0.15, -0.1) is 0 Å². The molecular formula is C28H21NO3. The third-order valence-corrected chi connectivity index (χ3v) is 6.72. The fraction of sp³-hybridized carbons (Fsp3) is 0.107. The highest BCUT2D eigenvalue weighted by Gasteiger charge is 2.57. The van der Waals surface area contributed by atoms with Crippen molar-refractivity contribution in [3.63, 3.8) is 0 Å². The van der Waals surface area contributed by atoms with Gasteiger partial charge in [-0.3, -0.25) is 4.79 Å². The number of phenolic OH excluding ortho intramolecular Hbond substituents is 1. The van der Waals surface area contributed by atoms with Crippen molar-refractivity contribution in [1.82, 2.24) is 0 Å². The molecule has 1 aliphatic carbocycles. The fourth-order valence-corrected chi connectivity index (χ4v) is 5.38. The Labute approximate surface area is 186 Å². The number of hydrogen-bond acceptors (Lipinski definition) is 3. The predicted octanol–water partition coefficient (Wildman–Crippen LogP) is 5.26. The first-order valence-electron chi connectivity index (χ1n) is 10.6. The quantitative estimate of drug-likeness (QED) is 0.476. The lowest BCUT2D eigenvalue weighted by atomic mass is 9.72. The number of amides is 1. The fourth-order valence-electron chi connectivity index (χ4n) is 5.38. The normalized spacial score (nSPS) is 17.6. The molecule has 1 amide bonds. The number of benzene rings is 4. The van der Waals surface area contributed by atoms with Crippen LogP contribution in [-0.2, 0) is 16.6 Å². The number of ether oxygens (including phenoxy) is 1. The van der Waals surface area contributed by atoms with Gasteiger partial charge in [-0.25, -0.2) is 0 Å². The zero-order chi connectivity index (χ0) is 21.9. The lowest BCUT2D eigenvalue weighted by Crippen LogP contribution is -2.35. The van der Waals surface area contributed by atoms with Crippen molar-refractivity contribution in [2.75, 3.05) is 12.4 Å². The first-order valence-corrected chi connectivity index (χ1v) is 10.6. The maximum absolute atomic E-state index is 13.7. The highest BCUT2D eigenvalue weighted by Crippen LogP contribution is 2.61. The molecule has 1 heterocycles. The SMILES string of the molecule is COc1cc2c(c(O)c1Cc1ccccc1)C1(C(=O)Nc3ccccc31)c1ccccc1-2. The molecule has 4 aromatic carbocycles. The van der Waals surface area contributed by atoms with Gasteiger partial charge in [-0.2, -0.15) is 0 Å². The minimum Gasteiger partial charge on any atom is -0.507 e. The number of fused-ring (bicyclic) bond motifs is 7. The van der Waals surface area contributed by atoms with E-state index >= 15 is 0 Å². The zero-order valence-electron chi connectivity index (χ0n) is 17.6. The Morgan fingerprint density at radius 1 is 0.875 bits per heavy atom. The molecule has 32 heavy (non-hydrogen) atoms. The van der Waals surface area contributed by atoms with Crippen LogP contribution in [-0.4, -0.2) is 18.1 Å². The van der Waals surface area contributed by atoms with Crippen LogP contribution in [0.25, 0.3) is 11.1 Å². The number of carbonyl (C=O) groups is 1. The van der Waals surface area contributed by atoms with Gasteiger partial charge < -0.3 is 15.2 Å². The second kappa shape index (κ2) is 6.72. The summed E-state index contributed by atoms with van der Waals surface area (Å²) in [6.45, 7) is 0. The summed E-state index contributed by atoms with van der Waals surface area (Å²) < 4.78 is 5.73. The van der Waals surface area contributed by atoms with E-state index in [0.29, 0.717) is 23.3 Å². The first-order chi connectivity index (χ1) is 15.7. The van der Waals surface area contributed by atoms with E-state index in [1.165, 1.54) is 0 Å². The summed E-state index contributed by atoms with van der Waals surface area (Å²) in [6.07, 6.45) is 0.499. The van der Waals surface area contributed by atoms with E-state index < -0.39 is 5.41 Å². The molecule has 0 bridgehead atoms. The Kier molecular flexibility index (Phi) is 3.93. The van der Waals surface area contributed by atoms with Gasteiger partial charge in [0, 0.05) is 28.8 Å². The molecule has 4 nitrogen and oxygen atoms in total. The van der Waals surface area contributed by atoms with Gasteiger partial charge in [0.25, 0.3) is 0 Å². The van der Waals surface area contributed by atoms with Crippen molar-refractivity contribution >= 4 is 11.6 Å². The molecule has 1 aliphatic heterocycles. The smallest absolute Gasteiger partial charge is 0.244 e. The Morgan fingerprint density at radius 3 is 2.34 bits per heavy atom. The lowest BCUT2D eigenvalue weighted by molar-refractivity contribution is -0.118. The Hall–Kier alpha value is -4.05. The Bertz CT molecular complexity index is 1390. The number of para-hydroxylation sites is 1. The molecule has 156 valence electrons. The molecule has 0 saturated carbocycles. The van der Waals surface area contributed by atoms with Gasteiger partial charge in [0.1, 0.15) is 16.9 Å². The van der Waals surface area contributed by atoms with Crippen LogP contribution in [0.2, 0.25) is 0 Å². The van der Waals surface area contributed by atoms with Crippen LogP contribution in [0.4, 0.5) is 5.69 Å². The molecule has 1 atom stereocenters. The molecule has 0 saturated heterocycles. The van der Waals surface area contributed by atoms with Crippen molar-refractivity contribution in [3.8, 4) is 22.6 Å². The van der Waals surface area contributed by atoms with E-state index in [9.17, 15) is 9.90 Å². The van der Waals surface area contributed by atoms with Crippen LogP contribution >= 0.6 is 0 Å². The van der Waals surface area contributed by atoms with Crippen LogP contribution in [0.5, 0.6) is 11.5 Å². The Balaban J connectivity index is 1.70. The van der Waals surface area contributed by atoms with Crippen molar-refractivity contribution in [1.29, 1.82) is 0 Å². The molecular weight excluding hydrogens is 398 g/mol. The van der Waals surface area contributed by atoms with Gasteiger partial charge in [0.15, 0.2) is 0 Å². The zero-order valence-corrected chi connectivity index (χ0v) is 17.6. The van der Waals surface area contributed by atoms with Crippen LogP contribution in [0.15, 0.2) is 84.9 Å². The summed E-state index contributed by atoms with van der Waals surface area (Å²) in [6, 6.07) is 27.6. The Morgan fingerprint density at radius 2 is 1.56 bits per heavy atom. The van der Waals surface area contributed by atoms with Crippen LogP contribution < -0.4 is 10.1 Å². The molecule has 0 aromatic heterocycles. The molecule has 4 aromatic rings. The van der Waals surface area contributed by atoms with Gasteiger partial charge in [-0.1, -0.05) is 72.8 Å². The predicted molar refractivity (Wildman–Crippen MR) is 124 cm³/mol. The maximum atomic E-state index is 13.7. The van der Waals surface area contributed by atoms with Gasteiger partial charge in [-0.05, 0) is 34.4 Å². The molecule has 2 aliphatic rings. The number of aromatic hydroxyl groups is 1. The van der Waals surface area contributed by atoms with Crippen molar-refractivity contribution in [3.05, 3.63) is 113 Å². The minimum absolute atomic E-state index is 0.117. The van der Waals surface area contributed by atoms with Gasteiger partial charge in [0.05, 0.1) is 7.11 Å². The average molecular weight is 419 g/mol. The number of phenols is 1. The van der Waals surface area contributed by atoms with Crippen LogP contribution in [0.3, 0.4) is 0 Å². The first kappa shape index (κ1) is 18.7. The highest BCUT2D eigenvalue weighted by atomic mass is 16.5. The second-order valence-electron chi connectivity index (χ2n) is 8.29. The molecule has 0 radical (unpaired) electrons. The third-order valence-electron chi connectivity index (χ3n) is 6.72. The number of methoxy groups -OCH3 is 1. The van der Waals surface area contributed by atoms with E-state index in [4.69, 9.17) is 4.74 Å². The largest absolute Gasteiger partial charge is 0.507 e. The number of anilines is 1. The molecule has 1 unspecified atom stereocenters. The minimum atomic E-state index is -1.09. The summed E-state index contributed by atoms with van der Waals surface area (Å²) in [5.74, 6) is 0.589. The second-order valence-corrected chi connectivity index (χ2v) is 8.29. The van der Waals surface area contributed by atoms with Crippen molar-refractivity contribution in [2.45, 2.75) is 11.8 Å². The topological polar surface area (TPSA) is 58.6 Å². The third kappa shape index (κ3) is 2.29. The number of carbonyl (C=O) groups excluding carboxylic acids is 1. The molecule has 1 spiro atoms. The molecule has 4 heteroatoms. The van der Waals surface area contributed by atoms with E-state index in [1.54, 1.807) is 7.11 Å². The number of rotatable bonds is 3. The van der Waals surface area contributed by atoms with Crippen molar-refractivity contribution in [2.24, 2.45) is 0 Å². The maximum Gasteiger partial charge on any atom is 0.244 e. The average Bonchev–Trinajstić information content (AvgIpc) is 3.29. The summed E-state index contributed by atoms with van der Waals surface area (Å²) in [7, 11) is 1.61. The van der Waals surface area contributed by atoms with Gasteiger partial charge in [0.2, 0.25) is 5.91 Å². The summed E-state index contributed by atoms with van der Waals surface area (Å²) in [5, 5.41) is 14.8.